The molecule has 1 heterocycles. The largest absolute Gasteiger partial charge is 0.405 e. The number of alkyl halides is 3. The minimum Gasteiger partial charge on any atom is -0.345 e. The Labute approximate surface area is 124 Å². The van der Waals surface area contributed by atoms with Crippen LogP contribution in [-0.4, -0.2) is 48.0 Å². The normalized spacial score (nSPS) is 11.1. The zero-order valence-corrected chi connectivity index (χ0v) is 12.0. The van der Waals surface area contributed by atoms with E-state index in [0.717, 1.165) is 4.90 Å². The first-order valence-corrected chi connectivity index (χ1v) is 6.19. The molecule has 1 rings (SSSR count). The van der Waals surface area contributed by atoms with E-state index < -0.39 is 31.1 Å². The minimum absolute atomic E-state index is 0.0772. The van der Waals surface area contributed by atoms with E-state index in [1.807, 2.05) is 0 Å². The van der Waals surface area contributed by atoms with Crippen LogP contribution in [0.25, 0.3) is 0 Å². The Kier molecular flexibility index (Phi) is 5.54. The van der Waals surface area contributed by atoms with Crippen LogP contribution in [0.4, 0.5) is 13.2 Å². The van der Waals surface area contributed by atoms with Gasteiger partial charge in [0.2, 0.25) is 5.91 Å². The van der Waals surface area contributed by atoms with Gasteiger partial charge in [-0.1, -0.05) is 11.6 Å². The molecule has 9 heteroatoms. The number of nitrogens with zero attached hydrogens (tertiary/aromatic N) is 2. The third-order valence-corrected chi connectivity index (χ3v) is 2.75. The molecule has 0 saturated heterocycles. The molecule has 116 valence electrons. The lowest BCUT2D eigenvalue weighted by molar-refractivity contribution is -0.138. The molecule has 0 aromatic carbocycles. The summed E-state index contributed by atoms with van der Waals surface area (Å²) >= 11 is 5.89. The van der Waals surface area contributed by atoms with Gasteiger partial charge in [-0.3, -0.25) is 14.6 Å². The molecule has 0 aliphatic carbocycles. The number of carbonyl (C=O) groups is 2. The number of pyridine rings is 1. The van der Waals surface area contributed by atoms with Crippen molar-refractivity contribution < 1.29 is 22.8 Å². The molecule has 0 saturated carbocycles. The highest BCUT2D eigenvalue weighted by atomic mass is 35.5. The van der Waals surface area contributed by atoms with Gasteiger partial charge in [0.15, 0.2) is 0 Å². The summed E-state index contributed by atoms with van der Waals surface area (Å²) in [7, 11) is 1.28. The van der Waals surface area contributed by atoms with Crippen LogP contribution < -0.4 is 5.32 Å². The second kappa shape index (κ2) is 6.75. The van der Waals surface area contributed by atoms with Crippen molar-refractivity contribution in [3.05, 3.63) is 28.5 Å². The van der Waals surface area contributed by atoms with Crippen LogP contribution in [0, 0.1) is 6.92 Å². The first-order valence-electron chi connectivity index (χ1n) is 5.81. The van der Waals surface area contributed by atoms with Crippen molar-refractivity contribution in [3.63, 3.8) is 0 Å². The molecule has 0 atom stereocenters. The number of aromatic nitrogens is 1. The first kappa shape index (κ1) is 17.2. The van der Waals surface area contributed by atoms with Crippen molar-refractivity contribution >= 4 is 23.4 Å². The summed E-state index contributed by atoms with van der Waals surface area (Å²) in [5.74, 6) is -1.52. The molecule has 5 nitrogen and oxygen atoms in total. The van der Waals surface area contributed by atoms with Crippen molar-refractivity contribution in [1.29, 1.82) is 0 Å². The summed E-state index contributed by atoms with van der Waals surface area (Å²) in [4.78, 5) is 28.2. The van der Waals surface area contributed by atoms with Crippen LogP contribution in [0.5, 0.6) is 0 Å². The lowest BCUT2D eigenvalue weighted by Gasteiger charge is -2.17. The molecule has 2 amide bonds. The molecule has 1 N–H and O–H groups in total. The second-order valence-corrected chi connectivity index (χ2v) is 4.77. The molecule has 1 aromatic heterocycles. The van der Waals surface area contributed by atoms with Crippen molar-refractivity contribution in [3.8, 4) is 0 Å². The molecule has 0 bridgehead atoms. The van der Waals surface area contributed by atoms with E-state index in [9.17, 15) is 22.8 Å². The highest BCUT2D eigenvalue weighted by molar-refractivity contribution is 6.33. The van der Waals surface area contributed by atoms with Gasteiger partial charge < -0.3 is 10.2 Å². The SMILES string of the molecule is Cc1cc(Cl)c(C(=O)N(C)CC(=O)NCC(F)(F)F)cn1. The van der Waals surface area contributed by atoms with Crippen LogP contribution in [0.2, 0.25) is 5.02 Å². The molecule has 0 fully saturated rings. The van der Waals surface area contributed by atoms with E-state index >= 15 is 0 Å². The monoisotopic (exact) mass is 323 g/mol. The van der Waals surface area contributed by atoms with Crippen molar-refractivity contribution in [2.75, 3.05) is 20.1 Å². The van der Waals surface area contributed by atoms with Crippen molar-refractivity contribution in [2.24, 2.45) is 0 Å². The minimum atomic E-state index is -4.50. The van der Waals surface area contributed by atoms with Gasteiger partial charge in [-0.2, -0.15) is 13.2 Å². The van der Waals surface area contributed by atoms with Gasteiger partial charge in [-0.25, -0.2) is 0 Å². The van der Waals surface area contributed by atoms with Crippen LogP contribution >= 0.6 is 11.6 Å². The third kappa shape index (κ3) is 5.58. The topological polar surface area (TPSA) is 62.3 Å². The van der Waals surface area contributed by atoms with Gasteiger partial charge in [0.05, 0.1) is 17.1 Å². The Hall–Kier alpha value is -1.83. The fourth-order valence-corrected chi connectivity index (χ4v) is 1.72. The maximum atomic E-state index is 12.0. The summed E-state index contributed by atoms with van der Waals surface area (Å²) in [6.07, 6.45) is -3.24. The number of nitrogens with one attached hydrogen (secondary N) is 1. The Bertz CT molecular complexity index is 549. The van der Waals surface area contributed by atoms with E-state index in [-0.39, 0.29) is 10.6 Å². The predicted molar refractivity (Wildman–Crippen MR) is 70.0 cm³/mol. The second-order valence-electron chi connectivity index (χ2n) is 4.36. The molecular formula is C12H13ClF3N3O2. The van der Waals surface area contributed by atoms with Gasteiger partial charge in [-0.15, -0.1) is 0 Å². The van der Waals surface area contributed by atoms with E-state index in [4.69, 9.17) is 11.6 Å². The average Bonchev–Trinajstić information content (AvgIpc) is 2.34. The highest BCUT2D eigenvalue weighted by Crippen LogP contribution is 2.17. The number of aryl methyl sites for hydroxylation is 1. The maximum Gasteiger partial charge on any atom is 0.405 e. The highest BCUT2D eigenvalue weighted by Gasteiger charge is 2.28. The Balaban J connectivity index is 2.64. The standard InChI is InChI=1S/C12H13ClF3N3O2/c1-7-3-9(13)8(4-17-7)11(21)19(2)5-10(20)18-6-12(14,15)16/h3-4H,5-6H2,1-2H3,(H,18,20). The van der Waals surface area contributed by atoms with Crippen LogP contribution in [0.3, 0.4) is 0 Å². The molecule has 0 aliphatic rings. The van der Waals surface area contributed by atoms with Gasteiger partial charge in [0, 0.05) is 18.9 Å². The smallest absolute Gasteiger partial charge is 0.345 e. The Morgan fingerprint density at radius 3 is 2.57 bits per heavy atom. The number of halogens is 4. The summed E-state index contributed by atoms with van der Waals surface area (Å²) in [5.41, 5.74) is 0.690. The van der Waals surface area contributed by atoms with E-state index in [2.05, 4.69) is 4.98 Å². The number of amides is 2. The molecule has 21 heavy (non-hydrogen) atoms. The van der Waals surface area contributed by atoms with Gasteiger partial charge >= 0.3 is 6.18 Å². The van der Waals surface area contributed by atoms with Gasteiger partial charge in [0.1, 0.15) is 6.54 Å². The van der Waals surface area contributed by atoms with Crippen LogP contribution in [0.15, 0.2) is 12.3 Å². The van der Waals surface area contributed by atoms with E-state index in [1.165, 1.54) is 19.3 Å². The maximum absolute atomic E-state index is 12.0. The lowest BCUT2D eigenvalue weighted by atomic mass is 10.2. The summed E-state index contributed by atoms with van der Waals surface area (Å²) in [5, 5.41) is 1.84. The van der Waals surface area contributed by atoms with Gasteiger partial charge in [-0.05, 0) is 13.0 Å². The molecular weight excluding hydrogens is 311 g/mol. The Morgan fingerprint density at radius 1 is 1.43 bits per heavy atom. The van der Waals surface area contributed by atoms with Crippen molar-refractivity contribution in [1.82, 2.24) is 15.2 Å². The number of rotatable bonds is 4. The fourth-order valence-electron chi connectivity index (χ4n) is 1.43. The molecule has 0 aliphatic heterocycles. The van der Waals surface area contributed by atoms with Crippen molar-refractivity contribution in [2.45, 2.75) is 13.1 Å². The third-order valence-electron chi connectivity index (χ3n) is 2.43. The molecule has 0 spiro atoms. The number of hydrogen-bond acceptors (Lipinski definition) is 3. The number of hydrogen-bond donors (Lipinski definition) is 1. The van der Waals surface area contributed by atoms with Crippen LogP contribution in [0.1, 0.15) is 16.1 Å². The average molecular weight is 324 g/mol. The van der Waals surface area contributed by atoms with E-state index in [0.29, 0.717) is 5.69 Å². The van der Waals surface area contributed by atoms with E-state index in [1.54, 1.807) is 12.2 Å². The molecule has 1 aromatic rings. The van der Waals surface area contributed by atoms with Crippen LogP contribution in [-0.2, 0) is 4.79 Å². The summed E-state index contributed by atoms with van der Waals surface area (Å²) in [6, 6.07) is 1.48. The number of carbonyl (C=O) groups excluding carboxylic acids is 2. The summed E-state index contributed by atoms with van der Waals surface area (Å²) < 4.78 is 35.8. The fraction of sp³-hybridized carbons (Fsp3) is 0.417. The Morgan fingerprint density at radius 2 is 2.05 bits per heavy atom. The summed E-state index contributed by atoms with van der Waals surface area (Å²) in [6.45, 7) is -0.270. The quantitative estimate of drug-likeness (QED) is 0.919. The zero-order valence-electron chi connectivity index (χ0n) is 11.3. The lowest BCUT2D eigenvalue weighted by Crippen LogP contribution is -2.41. The molecule has 0 radical (unpaired) electrons. The number of likely N-dealkylation sites (N-methyl/N-ethyl adjacent to an activating group) is 1. The molecule has 0 unspecified atom stereocenters. The first-order chi connectivity index (χ1) is 9.60. The predicted octanol–water partition coefficient (Wildman–Crippen LogP) is 1.79. The van der Waals surface area contributed by atoms with Gasteiger partial charge in [0.25, 0.3) is 5.91 Å². The zero-order chi connectivity index (χ0) is 16.2.